The molecular formula is C15H22N2O4S. The Bertz CT molecular complexity index is 658. The lowest BCUT2D eigenvalue weighted by Crippen LogP contribution is -2.38. The van der Waals surface area contributed by atoms with E-state index in [9.17, 15) is 13.2 Å². The topological polar surface area (TPSA) is 75.7 Å². The zero-order valence-electron chi connectivity index (χ0n) is 13.1. The number of carbonyl (C=O) groups is 1. The molecule has 1 aliphatic rings. The Morgan fingerprint density at radius 2 is 2.18 bits per heavy atom. The molecule has 1 aromatic rings. The van der Waals surface area contributed by atoms with Gasteiger partial charge in [-0.25, -0.2) is 8.42 Å². The van der Waals surface area contributed by atoms with Gasteiger partial charge >= 0.3 is 0 Å². The molecule has 1 aromatic carbocycles. The number of methoxy groups -OCH3 is 1. The van der Waals surface area contributed by atoms with Crippen LogP contribution in [0, 0.1) is 6.92 Å². The van der Waals surface area contributed by atoms with E-state index in [0.717, 1.165) is 5.56 Å². The molecule has 1 N–H and O–H groups in total. The molecule has 0 radical (unpaired) electrons. The molecule has 0 aliphatic carbocycles. The fourth-order valence-electron chi connectivity index (χ4n) is 2.59. The highest BCUT2D eigenvalue weighted by atomic mass is 32.2. The lowest BCUT2D eigenvalue weighted by molar-refractivity contribution is -0.117. The molecular weight excluding hydrogens is 304 g/mol. The van der Waals surface area contributed by atoms with Crippen LogP contribution in [0.2, 0.25) is 0 Å². The van der Waals surface area contributed by atoms with Gasteiger partial charge in [-0.15, -0.1) is 0 Å². The number of anilines is 1. The number of ether oxygens (including phenoxy) is 1. The largest absolute Gasteiger partial charge is 0.495 e. The Morgan fingerprint density at radius 1 is 1.45 bits per heavy atom. The number of hydrogen-bond acceptors (Lipinski definition) is 5. The Hall–Kier alpha value is -1.60. The number of likely N-dealkylation sites (N-methyl/N-ethyl adjacent to an activating group) is 1. The van der Waals surface area contributed by atoms with Crippen LogP contribution in [0.25, 0.3) is 0 Å². The number of hydrogen-bond donors (Lipinski definition) is 1. The number of rotatable bonds is 5. The minimum absolute atomic E-state index is 0.0878. The van der Waals surface area contributed by atoms with E-state index in [1.165, 1.54) is 0 Å². The normalized spacial score (nSPS) is 20.1. The van der Waals surface area contributed by atoms with Crippen molar-refractivity contribution in [3.8, 4) is 5.75 Å². The first-order chi connectivity index (χ1) is 10.3. The first-order valence-electron chi connectivity index (χ1n) is 7.16. The molecule has 122 valence electrons. The second kappa shape index (κ2) is 6.66. The molecule has 0 aromatic heterocycles. The van der Waals surface area contributed by atoms with E-state index in [-0.39, 0.29) is 30.0 Å². The van der Waals surface area contributed by atoms with Crippen molar-refractivity contribution in [1.82, 2.24) is 4.90 Å². The molecule has 1 fully saturated rings. The second-order valence-electron chi connectivity index (χ2n) is 5.72. The highest BCUT2D eigenvalue weighted by Gasteiger charge is 2.31. The number of benzene rings is 1. The lowest BCUT2D eigenvalue weighted by atomic mass is 10.2. The molecule has 1 amide bonds. The third-order valence-corrected chi connectivity index (χ3v) is 5.60. The van der Waals surface area contributed by atoms with Crippen molar-refractivity contribution in [2.45, 2.75) is 19.4 Å². The molecule has 2 rings (SSSR count). The van der Waals surface area contributed by atoms with Crippen molar-refractivity contribution in [3.63, 3.8) is 0 Å². The molecule has 22 heavy (non-hydrogen) atoms. The number of nitrogens with one attached hydrogen (secondary N) is 1. The molecule has 0 spiro atoms. The maximum Gasteiger partial charge on any atom is 0.238 e. The Labute approximate surface area is 131 Å². The minimum atomic E-state index is -2.94. The Balaban J connectivity index is 1.97. The number of sulfone groups is 1. The van der Waals surface area contributed by atoms with Gasteiger partial charge in [0.1, 0.15) is 5.75 Å². The Kier molecular flexibility index (Phi) is 5.08. The van der Waals surface area contributed by atoms with Gasteiger partial charge in [-0.1, -0.05) is 6.07 Å². The third kappa shape index (κ3) is 4.20. The van der Waals surface area contributed by atoms with Crippen LogP contribution in [0.1, 0.15) is 12.0 Å². The van der Waals surface area contributed by atoms with Gasteiger partial charge in [0, 0.05) is 6.04 Å². The molecule has 0 unspecified atom stereocenters. The van der Waals surface area contributed by atoms with Gasteiger partial charge in [0.2, 0.25) is 5.91 Å². The predicted octanol–water partition coefficient (Wildman–Crippen LogP) is 1.06. The summed E-state index contributed by atoms with van der Waals surface area (Å²) in [6.07, 6.45) is 0.583. The number of nitrogens with zero attached hydrogens (tertiary/aromatic N) is 1. The zero-order chi connectivity index (χ0) is 16.3. The number of carbonyl (C=O) groups excluding carboxylic acids is 1. The summed E-state index contributed by atoms with van der Waals surface area (Å²) >= 11 is 0. The smallest absolute Gasteiger partial charge is 0.238 e. The fourth-order valence-corrected chi connectivity index (χ4v) is 4.39. The van der Waals surface area contributed by atoms with Crippen molar-refractivity contribution < 1.29 is 17.9 Å². The van der Waals surface area contributed by atoms with E-state index < -0.39 is 9.84 Å². The van der Waals surface area contributed by atoms with Crippen LogP contribution in [0.5, 0.6) is 5.75 Å². The minimum Gasteiger partial charge on any atom is -0.495 e. The highest BCUT2D eigenvalue weighted by molar-refractivity contribution is 7.91. The van der Waals surface area contributed by atoms with Crippen LogP contribution in [-0.2, 0) is 14.6 Å². The predicted molar refractivity (Wildman–Crippen MR) is 86.0 cm³/mol. The van der Waals surface area contributed by atoms with Crippen molar-refractivity contribution in [2.24, 2.45) is 0 Å². The third-order valence-electron chi connectivity index (χ3n) is 3.85. The van der Waals surface area contributed by atoms with E-state index in [2.05, 4.69) is 5.32 Å². The van der Waals surface area contributed by atoms with Gasteiger partial charge in [0.15, 0.2) is 9.84 Å². The van der Waals surface area contributed by atoms with E-state index >= 15 is 0 Å². The van der Waals surface area contributed by atoms with Crippen molar-refractivity contribution in [2.75, 3.05) is 37.5 Å². The summed E-state index contributed by atoms with van der Waals surface area (Å²) in [6.45, 7) is 2.09. The molecule has 1 atom stereocenters. The first-order valence-corrected chi connectivity index (χ1v) is 8.98. The van der Waals surface area contributed by atoms with Crippen LogP contribution >= 0.6 is 0 Å². The van der Waals surface area contributed by atoms with Gasteiger partial charge in [-0.3, -0.25) is 9.69 Å². The molecule has 7 heteroatoms. The first kappa shape index (κ1) is 16.8. The van der Waals surface area contributed by atoms with E-state index in [1.807, 2.05) is 19.1 Å². The van der Waals surface area contributed by atoms with Gasteiger partial charge in [0.25, 0.3) is 0 Å². The average molecular weight is 326 g/mol. The summed E-state index contributed by atoms with van der Waals surface area (Å²) in [7, 11) is 0.383. The van der Waals surface area contributed by atoms with Gasteiger partial charge in [0.05, 0.1) is 30.8 Å². The SMILES string of the molecule is COc1ccc(C)cc1NC(=O)CN(C)[C@H]1CCS(=O)(=O)C1. The lowest BCUT2D eigenvalue weighted by Gasteiger charge is -2.22. The number of aryl methyl sites for hydroxylation is 1. The van der Waals surface area contributed by atoms with Gasteiger partial charge in [-0.05, 0) is 38.1 Å². The number of amides is 1. The van der Waals surface area contributed by atoms with Crippen molar-refractivity contribution >= 4 is 21.4 Å². The molecule has 1 heterocycles. The average Bonchev–Trinajstić information content (AvgIpc) is 2.79. The highest BCUT2D eigenvalue weighted by Crippen LogP contribution is 2.25. The van der Waals surface area contributed by atoms with Gasteiger partial charge < -0.3 is 10.1 Å². The second-order valence-corrected chi connectivity index (χ2v) is 7.95. The molecule has 0 saturated carbocycles. The van der Waals surface area contributed by atoms with Crippen molar-refractivity contribution in [1.29, 1.82) is 0 Å². The summed E-state index contributed by atoms with van der Waals surface area (Å²) in [5.74, 6) is 0.751. The summed E-state index contributed by atoms with van der Waals surface area (Å²) in [5.41, 5.74) is 1.64. The van der Waals surface area contributed by atoms with Gasteiger partial charge in [-0.2, -0.15) is 0 Å². The van der Waals surface area contributed by atoms with Crippen LogP contribution in [0.4, 0.5) is 5.69 Å². The van der Waals surface area contributed by atoms with E-state index in [1.54, 1.807) is 25.1 Å². The maximum atomic E-state index is 12.2. The van der Waals surface area contributed by atoms with Crippen LogP contribution in [0.3, 0.4) is 0 Å². The monoisotopic (exact) mass is 326 g/mol. The summed E-state index contributed by atoms with van der Waals surface area (Å²) in [6, 6.07) is 5.47. The molecule has 1 aliphatic heterocycles. The maximum absolute atomic E-state index is 12.2. The molecule has 0 bridgehead atoms. The van der Waals surface area contributed by atoms with E-state index in [4.69, 9.17) is 4.74 Å². The molecule has 6 nitrogen and oxygen atoms in total. The van der Waals surface area contributed by atoms with Crippen LogP contribution in [-0.4, -0.2) is 57.5 Å². The van der Waals surface area contributed by atoms with Crippen molar-refractivity contribution in [3.05, 3.63) is 23.8 Å². The summed E-state index contributed by atoms with van der Waals surface area (Å²) in [5, 5.41) is 2.82. The van der Waals surface area contributed by atoms with Crippen LogP contribution in [0.15, 0.2) is 18.2 Å². The van der Waals surface area contributed by atoms with E-state index in [0.29, 0.717) is 17.9 Å². The zero-order valence-corrected chi connectivity index (χ0v) is 13.9. The summed E-state index contributed by atoms with van der Waals surface area (Å²) in [4.78, 5) is 14.0. The van der Waals surface area contributed by atoms with Crippen LogP contribution < -0.4 is 10.1 Å². The Morgan fingerprint density at radius 3 is 2.77 bits per heavy atom. The molecule has 1 saturated heterocycles. The fraction of sp³-hybridized carbons (Fsp3) is 0.533. The quantitative estimate of drug-likeness (QED) is 0.876. The standard InChI is InChI=1S/C15H22N2O4S/c1-11-4-5-14(21-3)13(8-11)16-15(18)9-17(2)12-6-7-22(19,20)10-12/h4-5,8,12H,6-7,9-10H2,1-3H3,(H,16,18)/t12-/m0/s1. The summed E-state index contributed by atoms with van der Waals surface area (Å²) < 4.78 is 28.2.